The molecule has 1 heterocycles. The van der Waals surface area contributed by atoms with Crippen molar-refractivity contribution in [1.82, 2.24) is 5.43 Å². The molecule has 0 aliphatic rings. The summed E-state index contributed by atoms with van der Waals surface area (Å²) >= 11 is 0. The SMILES string of the molecule is CCCCCCCC(C)/C=N/NC(=O)c1ccc[n+](C)c1. The molecule has 1 atom stereocenters. The van der Waals surface area contributed by atoms with Gasteiger partial charge in [-0.05, 0) is 18.4 Å². The molecule has 4 nitrogen and oxygen atoms in total. The molecule has 4 heteroatoms. The molecule has 1 N–H and O–H groups in total. The van der Waals surface area contributed by atoms with E-state index in [1.807, 2.05) is 30.1 Å². The largest absolute Gasteiger partial charge is 0.277 e. The van der Waals surface area contributed by atoms with E-state index in [2.05, 4.69) is 24.4 Å². The van der Waals surface area contributed by atoms with E-state index in [1.54, 1.807) is 12.3 Å². The summed E-state index contributed by atoms with van der Waals surface area (Å²) in [7, 11) is 1.89. The normalized spacial score (nSPS) is 12.5. The average Bonchev–Trinajstić information content (AvgIpc) is 2.47. The van der Waals surface area contributed by atoms with Crippen LogP contribution in [0.15, 0.2) is 29.6 Å². The number of amides is 1. The molecule has 0 saturated heterocycles. The molecule has 1 rings (SSSR count). The monoisotopic (exact) mass is 290 g/mol. The lowest BCUT2D eigenvalue weighted by Crippen LogP contribution is -2.29. The Morgan fingerprint density at radius 3 is 2.86 bits per heavy atom. The number of rotatable bonds is 9. The van der Waals surface area contributed by atoms with Crippen LogP contribution in [0.5, 0.6) is 0 Å². The van der Waals surface area contributed by atoms with E-state index in [0.717, 1.165) is 6.42 Å². The maximum Gasteiger partial charge on any atom is 0.277 e. The quantitative estimate of drug-likeness (QED) is 0.323. The highest BCUT2D eigenvalue weighted by molar-refractivity contribution is 5.93. The van der Waals surface area contributed by atoms with E-state index in [-0.39, 0.29) is 5.91 Å². The van der Waals surface area contributed by atoms with Crippen LogP contribution in [-0.4, -0.2) is 12.1 Å². The average molecular weight is 290 g/mol. The molecule has 0 saturated carbocycles. The molecule has 1 aromatic rings. The van der Waals surface area contributed by atoms with Gasteiger partial charge in [-0.2, -0.15) is 5.10 Å². The molecule has 0 bridgehead atoms. The van der Waals surface area contributed by atoms with E-state index in [4.69, 9.17) is 0 Å². The summed E-state index contributed by atoms with van der Waals surface area (Å²) in [6.07, 6.45) is 13.1. The number of aryl methyl sites for hydroxylation is 1. The molecule has 0 radical (unpaired) electrons. The van der Waals surface area contributed by atoms with Crippen LogP contribution >= 0.6 is 0 Å². The number of pyridine rings is 1. The maximum absolute atomic E-state index is 11.9. The minimum atomic E-state index is -0.169. The predicted octanol–water partition coefficient (Wildman–Crippen LogP) is 3.22. The fourth-order valence-electron chi connectivity index (χ4n) is 2.15. The first kappa shape index (κ1) is 17.3. The summed E-state index contributed by atoms with van der Waals surface area (Å²) in [6.45, 7) is 4.36. The van der Waals surface area contributed by atoms with Gasteiger partial charge in [0, 0.05) is 12.3 Å². The highest BCUT2D eigenvalue weighted by atomic mass is 16.2. The first-order valence-corrected chi connectivity index (χ1v) is 7.92. The van der Waals surface area contributed by atoms with Crippen molar-refractivity contribution >= 4 is 12.1 Å². The van der Waals surface area contributed by atoms with E-state index >= 15 is 0 Å². The highest BCUT2D eigenvalue weighted by Crippen LogP contribution is 2.09. The zero-order chi connectivity index (χ0) is 15.5. The zero-order valence-corrected chi connectivity index (χ0v) is 13.5. The van der Waals surface area contributed by atoms with Gasteiger partial charge >= 0.3 is 0 Å². The fraction of sp³-hybridized carbons (Fsp3) is 0.588. The summed E-state index contributed by atoms with van der Waals surface area (Å²) in [5.41, 5.74) is 3.20. The second-order valence-corrected chi connectivity index (χ2v) is 5.66. The Hall–Kier alpha value is -1.71. The first-order chi connectivity index (χ1) is 10.1. The number of hydrogen-bond donors (Lipinski definition) is 1. The number of hydrogen-bond acceptors (Lipinski definition) is 2. The van der Waals surface area contributed by atoms with Crippen LogP contribution in [0.25, 0.3) is 0 Å². The van der Waals surface area contributed by atoms with Gasteiger partial charge in [-0.3, -0.25) is 4.79 Å². The van der Waals surface area contributed by atoms with Gasteiger partial charge in [-0.25, -0.2) is 9.99 Å². The number of carbonyl (C=O) groups excluding carboxylic acids is 1. The predicted molar refractivity (Wildman–Crippen MR) is 86.1 cm³/mol. The molecule has 0 fully saturated rings. The maximum atomic E-state index is 11.9. The lowest BCUT2D eigenvalue weighted by atomic mass is 10.0. The van der Waals surface area contributed by atoms with Crippen molar-refractivity contribution < 1.29 is 9.36 Å². The number of nitrogens with zero attached hydrogens (tertiary/aromatic N) is 2. The van der Waals surface area contributed by atoms with Crippen molar-refractivity contribution in [2.45, 2.75) is 52.4 Å². The van der Waals surface area contributed by atoms with Crippen LogP contribution < -0.4 is 9.99 Å². The van der Waals surface area contributed by atoms with Gasteiger partial charge in [-0.1, -0.05) is 46.0 Å². The molecular formula is C17H28N3O+. The lowest BCUT2D eigenvalue weighted by Gasteiger charge is -2.05. The lowest BCUT2D eigenvalue weighted by molar-refractivity contribution is -0.671. The Labute approximate surface area is 128 Å². The highest BCUT2D eigenvalue weighted by Gasteiger charge is 2.07. The summed E-state index contributed by atoms with van der Waals surface area (Å²) in [5.74, 6) is 0.233. The third kappa shape index (κ3) is 7.59. The van der Waals surface area contributed by atoms with Crippen molar-refractivity contribution in [3.8, 4) is 0 Å². The third-order valence-electron chi connectivity index (χ3n) is 3.46. The van der Waals surface area contributed by atoms with Crippen LogP contribution in [0.1, 0.15) is 62.7 Å². The first-order valence-electron chi connectivity index (χ1n) is 7.92. The fourth-order valence-corrected chi connectivity index (χ4v) is 2.15. The molecule has 1 amide bonds. The molecule has 0 aromatic carbocycles. The van der Waals surface area contributed by atoms with Gasteiger partial charge in [0.05, 0.1) is 0 Å². The Morgan fingerprint density at radius 2 is 2.14 bits per heavy atom. The van der Waals surface area contributed by atoms with Gasteiger partial charge in [0.25, 0.3) is 5.91 Å². The van der Waals surface area contributed by atoms with Gasteiger partial charge in [0.15, 0.2) is 12.4 Å². The standard InChI is InChI=1S/C17H27N3O/c1-4-5-6-7-8-10-15(2)13-18-19-17(21)16-11-9-12-20(3)14-16/h9,11-15H,4-8,10H2,1-3H3/p+1/b18-13+. The van der Waals surface area contributed by atoms with E-state index in [1.165, 1.54) is 32.1 Å². The Kier molecular flexibility index (Phi) is 8.32. The van der Waals surface area contributed by atoms with Gasteiger partial charge in [0.1, 0.15) is 12.6 Å². The van der Waals surface area contributed by atoms with E-state index < -0.39 is 0 Å². The second kappa shape index (κ2) is 10.1. The van der Waals surface area contributed by atoms with Crippen molar-refractivity contribution in [3.05, 3.63) is 30.1 Å². The Bertz CT molecular complexity index is 457. The number of unbranched alkanes of at least 4 members (excludes halogenated alkanes) is 4. The number of nitrogens with one attached hydrogen (secondary N) is 1. The molecule has 116 valence electrons. The van der Waals surface area contributed by atoms with Crippen molar-refractivity contribution in [3.63, 3.8) is 0 Å². The molecule has 1 unspecified atom stereocenters. The van der Waals surface area contributed by atoms with E-state index in [0.29, 0.717) is 11.5 Å². The van der Waals surface area contributed by atoms with E-state index in [9.17, 15) is 4.79 Å². The summed E-state index contributed by atoms with van der Waals surface area (Å²) in [6, 6.07) is 3.62. The van der Waals surface area contributed by atoms with Crippen LogP contribution in [0.4, 0.5) is 0 Å². The van der Waals surface area contributed by atoms with Crippen LogP contribution in [-0.2, 0) is 7.05 Å². The molecular weight excluding hydrogens is 262 g/mol. The van der Waals surface area contributed by atoms with Crippen molar-refractivity contribution in [1.29, 1.82) is 0 Å². The minimum absolute atomic E-state index is 0.169. The zero-order valence-electron chi connectivity index (χ0n) is 13.5. The second-order valence-electron chi connectivity index (χ2n) is 5.66. The van der Waals surface area contributed by atoms with Gasteiger partial charge in [-0.15, -0.1) is 0 Å². The smallest absolute Gasteiger partial charge is 0.267 e. The molecule has 0 aliphatic carbocycles. The molecule has 0 aliphatic heterocycles. The van der Waals surface area contributed by atoms with Crippen LogP contribution in [0, 0.1) is 5.92 Å². The minimum Gasteiger partial charge on any atom is -0.267 e. The molecule has 0 spiro atoms. The third-order valence-corrected chi connectivity index (χ3v) is 3.46. The summed E-state index contributed by atoms with van der Waals surface area (Å²) in [4.78, 5) is 11.9. The Balaban J connectivity index is 2.25. The topological polar surface area (TPSA) is 45.3 Å². The number of aromatic nitrogens is 1. The Morgan fingerprint density at radius 1 is 1.38 bits per heavy atom. The summed E-state index contributed by atoms with van der Waals surface area (Å²) in [5, 5.41) is 4.06. The van der Waals surface area contributed by atoms with Crippen LogP contribution in [0.2, 0.25) is 0 Å². The van der Waals surface area contributed by atoms with Gasteiger partial charge in [0.2, 0.25) is 0 Å². The molecule has 21 heavy (non-hydrogen) atoms. The number of hydrazone groups is 1. The van der Waals surface area contributed by atoms with Crippen molar-refractivity contribution in [2.24, 2.45) is 18.1 Å². The summed E-state index contributed by atoms with van der Waals surface area (Å²) < 4.78 is 1.84. The van der Waals surface area contributed by atoms with Crippen molar-refractivity contribution in [2.75, 3.05) is 0 Å². The van der Waals surface area contributed by atoms with Crippen LogP contribution in [0.3, 0.4) is 0 Å². The molecule has 1 aromatic heterocycles. The van der Waals surface area contributed by atoms with Gasteiger partial charge < -0.3 is 0 Å². The number of carbonyl (C=O) groups is 1.